The zero-order chi connectivity index (χ0) is 33.8. The molecule has 46 heavy (non-hydrogen) atoms. The van der Waals surface area contributed by atoms with Crippen molar-refractivity contribution in [3.05, 3.63) is 82.0 Å². The topological polar surface area (TPSA) is 115 Å². The standard InChI is InChI=1S/C34H36Cl2N4O4S2/c1-33(2,3)45(41)38-19-22-13-12-21(18-28(22)43-7)31-30(36)25(16-17-37-31)24-10-9-11-26(29(24)35)27-15-14-23(32(40-27)44-8)20-39-46(42)34(4,5)6/h9-20H,1-8H3. The second kappa shape index (κ2) is 14.8. The first-order valence-corrected chi connectivity index (χ1v) is 17.2. The number of pyridine rings is 2. The molecule has 0 aliphatic rings. The summed E-state index contributed by atoms with van der Waals surface area (Å²) in [4.78, 5) is 9.22. The van der Waals surface area contributed by atoms with Gasteiger partial charge in [0.05, 0.1) is 53.6 Å². The van der Waals surface area contributed by atoms with E-state index in [0.29, 0.717) is 60.9 Å². The van der Waals surface area contributed by atoms with Gasteiger partial charge in [-0.15, -0.1) is 0 Å². The van der Waals surface area contributed by atoms with E-state index in [9.17, 15) is 9.11 Å². The predicted molar refractivity (Wildman–Crippen MR) is 192 cm³/mol. The number of rotatable bonds is 9. The molecule has 8 nitrogen and oxygen atoms in total. The average Bonchev–Trinajstić information content (AvgIpc) is 3.01. The van der Waals surface area contributed by atoms with Gasteiger partial charge >= 0.3 is 0 Å². The first-order chi connectivity index (χ1) is 21.6. The Hall–Kier alpha value is -3.12. The maximum absolute atomic E-state index is 12.4. The monoisotopic (exact) mass is 698 g/mol. The van der Waals surface area contributed by atoms with Crippen LogP contribution in [0, 0.1) is 0 Å². The molecule has 0 fully saturated rings. The van der Waals surface area contributed by atoms with E-state index >= 15 is 0 Å². The van der Waals surface area contributed by atoms with Crippen LogP contribution in [0.25, 0.3) is 33.6 Å². The Balaban J connectivity index is 1.70. The van der Waals surface area contributed by atoms with E-state index in [-0.39, 0.29) is 0 Å². The normalized spacial score (nSPS) is 13.7. The Morgan fingerprint density at radius 3 is 1.93 bits per heavy atom. The quantitative estimate of drug-likeness (QED) is 0.128. The highest BCUT2D eigenvalue weighted by atomic mass is 35.5. The third kappa shape index (κ3) is 8.23. The lowest BCUT2D eigenvalue weighted by Crippen LogP contribution is -2.25. The second-order valence-corrected chi connectivity index (χ2v) is 16.8. The molecule has 0 bridgehead atoms. The molecule has 0 amide bonds. The molecule has 12 heteroatoms. The molecule has 2 unspecified atom stereocenters. The van der Waals surface area contributed by atoms with E-state index < -0.39 is 32.2 Å². The molecule has 242 valence electrons. The van der Waals surface area contributed by atoms with Crippen molar-refractivity contribution >= 4 is 58.4 Å². The molecule has 0 radical (unpaired) electrons. The van der Waals surface area contributed by atoms with Gasteiger partial charge in [-0.3, -0.25) is 4.98 Å². The third-order valence-corrected chi connectivity index (χ3v) is 10.1. The van der Waals surface area contributed by atoms with Gasteiger partial charge in [-0.1, -0.05) is 56.3 Å². The van der Waals surface area contributed by atoms with Crippen LogP contribution in [0.2, 0.25) is 10.0 Å². The number of ether oxygens (including phenoxy) is 2. The van der Waals surface area contributed by atoms with E-state index in [4.69, 9.17) is 32.7 Å². The molecule has 4 aromatic rings. The maximum atomic E-state index is 12.4. The molecule has 4 rings (SSSR count). The molecule has 0 saturated carbocycles. The van der Waals surface area contributed by atoms with E-state index in [1.165, 1.54) is 13.3 Å². The van der Waals surface area contributed by atoms with Crippen molar-refractivity contribution in [1.82, 2.24) is 9.97 Å². The minimum atomic E-state index is -1.42. The van der Waals surface area contributed by atoms with Crippen LogP contribution >= 0.6 is 23.2 Å². The number of halogens is 2. The van der Waals surface area contributed by atoms with Crippen LogP contribution in [0.5, 0.6) is 11.6 Å². The first-order valence-electron chi connectivity index (χ1n) is 14.2. The smallest absolute Gasteiger partial charge is 0.222 e. The molecule has 0 N–H and O–H groups in total. The Labute approximate surface area is 287 Å². The van der Waals surface area contributed by atoms with Crippen LogP contribution in [0.4, 0.5) is 0 Å². The highest BCUT2D eigenvalue weighted by Gasteiger charge is 2.27. The second-order valence-electron chi connectivity index (χ2n) is 12.1. The van der Waals surface area contributed by atoms with Crippen molar-refractivity contribution in [2.45, 2.75) is 51.0 Å². The van der Waals surface area contributed by atoms with Gasteiger partial charge in [-0.2, -0.15) is 0 Å². The van der Waals surface area contributed by atoms with E-state index in [1.54, 1.807) is 31.7 Å². The summed E-state index contributed by atoms with van der Waals surface area (Å²) in [6.45, 7) is 11.2. The number of hydrogen-bond donors (Lipinski definition) is 0. The average molecular weight is 700 g/mol. The fourth-order valence-electron chi connectivity index (χ4n) is 4.14. The summed E-state index contributed by atoms with van der Waals surface area (Å²) in [5, 5.41) is 0.852. The predicted octanol–water partition coefficient (Wildman–Crippen LogP) is 8.56. The highest BCUT2D eigenvalue weighted by molar-refractivity contribution is 7.91. The highest BCUT2D eigenvalue weighted by Crippen LogP contribution is 2.42. The largest absolute Gasteiger partial charge is 0.591 e. The van der Waals surface area contributed by atoms with Crippen molar-refractivity contribution in [3.63, 3.8) is 0 Å². The number of aromatic nitrogens is 2. The summed E-state index contributed by atoms with van der Waals surface area (Å²) >= 11 is 11.2. The number of hydrogen-bond acceptors (Lipinski definition) is 8. The fourth-order valence-corrected chi connectivity index (χ4v) is 5.84. The lowest BCUT2D eigenvalue weighted by atomic mass is 9.99. The summed E-state index contributed by atoms with van der Waals surface area (Å²) in [7, 11) is 3.07. The molecule has 2 heterocycles. The van der Waals surface area contributed by atoms with E-state index in [1.807, 2.05) is 84.0 Å². The van der Waals surface area contributed by atoms with Crippen molar-refractivity contribution < 1.29 is 18.6 Å². The van der Waals surface area contributed by atoms with Crippen LogP contribution in [-0.4, -0.2) is 55.2 Å². The maximum Gasteiger partial charge on any atom is 0.222 e. The van der Waals surface area contributed by atoms with Gasteiger partial charge < -0.3 is 18.6 Å². The minimum absolute atomic E-state index is 0.324. The van der Waals surface area contributed by atoms with Crippen LogP contribution in [0.15, 0.2) is 69.6 Å². The van der Waals surface area contributed by atoms with Crippen molar-refractivity contribution in [3.8, 4) is 45.3 Å². The summed E-state index contributed by atoms with van der Waals surface area (Å²) in [6.07, 6.45) is 4.73. The van der Waals surface area contributed by atoms with Crippen molar-refractivity contribution in [1.29, 1.82) is 0 Å². The molecule has 0 aliphatic carbocycles. The lowest BCUT2D eigenvalue weighted by Gasteiger charge is -2.18. The zero-order valence-electron chi connectivity index (χ0n) is 26.9. The summed E-state index contributed by atoms with van der Waals surface area (Å²) in [6, 6.07) is 16.5. The summed E-state index contributed by atoms with van der Waals surface area (Å²) in [5.74, 6) is 0.860. The Kier molecular flexibility index (Phi) is 11.5. The van der Waals surface area contributed by atoms with Crippen LogP contribution in [0.1, 0.15) is 52.7 Å². The molecule has 2 aromatic heterocycles. The van der Waals surface area contributed by atoms with Gasteiger partial charge in [0.15, 0.2) is 0 Å². The first kappa shape index (κ1) is 35.7. The molecule has 0 aliphatic heterocycles. The molecule has 0 saturated heterocycles. The van der Waals surface area contributed by atoms with E-state index in [2.05, 4.69) is 18.8 Å². The molecule has 2 aromatic carbocycles. The van der Waals surface area contributed by atoms with Crippen molar-refractivity contribution in [2.75, 3.05) is 14.2 Å². The Bertz CT molecular complexity index is 1640. The van der Waals surface area contributed by atoms with Gasteiger partial charge in [-0.25, -0.2) is 4.98 Å². The van der Waals surface area contributed by atoms with Crippen molar-refractivity contribution in [2.24, 2.45) is 8.80 Å². The molecular weight excluding hydrogens is 663 g/mol. The summed E-state index contributed by atoms with van der Waals surface area (Å²) in [5.41, 5.74) is 5.16. The molecule has 2 atom stereocenters. The minimum Gasteiger partial charge on any atom is -0.591 e. The van der Waals surface area contributed by atoms with Crippen LogP contribution in [-0.2, 0) is 22.7 Å². The SMILES string of the molecule is COc1cc(-c2nccc(-c3cccc(-c4ccc(C=N[S+]([O-])C(C)(C)C)c(OC)n4)c3Cl)c2Cl)ccc1C=N[S+]([O-])C(C)(C)C. The Morgan fingerprint density at radius 1 is 0.739 bits per heavy atom. The van der Waals surface area contributed by atoms with Crippen LogP contribution in [0.3, 0.4) is 0 Å². The lowest BCUT2D eigenvalue weighted by molar-refractivity contribution is 0.398. The number of benzene rings is 2. The van der Waals surface area contributed by atoms with Gasteiger partial charge in [0.1, 0.15) is 38.0 Å². The van der Waals surface area contributed by atoms with E-state index in [0.717, 1.165) is 5.56 Å². The summed E-state index contributed by atoms with van der Waals surface area (Å²) < 4.78 is 43.4. The number of nitrogens with zero attached hydrogens (tertiary/aromatic N) is 4. The van der Waals surface area contributed by atoms with Gasteiger partial charge in [0.25, 0.3) is 0 Å². The van der Waals surface area contributed by atoms with Gasteiger partial charge in [-0.05, 0) is 71.9 Å². The fraction of sp³-hybridized carbons (Fsp3) is 0.294. The molecular formula is C34H36Cl2N4O4S2. The van der Waals surface area contributed by atoms with Crippen LogP contribution < -0.4 is 9.47 Å². The third-order valence-electron chi connectivity index (χ3n) is 6.67. The zero-order valence-corrected chi connectivity index (χ0v) is 30.1. The number of methoxy groups -OCH3 is 2. The van der Waals surface area contributed by atoms with Gasteiger partial charge in [0, 0.05) is 34.0 Å². The molecule has 0 spiro atoms. The van der Waals surface area contributed by atoms with Gasteiger partial charge in [0.2, 0.25) is 5.88 Å². The Morgan fingerprint density at radius 2 is 1.33 bits per heavy atom.